The minimum atomic E-state index is -0.355. The Morgan fingerprint density at radius 1 is 1.27 bits per heavy atom. The lowest BCUT2D eigenvalue weighted by molar-refractivity contribution is -0.383. The van der Waals surface area contributed by atoms with E-state index in [0.717, 1.165) is 15.4 Å². The van der Waals surface area contributed by atoms with E-state index in [1.165, 1.54) is 0 Å². The van der Waals surface area contributed by atoms with Crippen LogP contribution in [0.5, 0.6) is 0 Å². The van der Waals surface area contributed by atoms with Crippen LogP contribution in [0.1, 0.15) is 5.56 Å². The van der Waals surface area contributed by atoms with Gasteiger partial charge in [-0.1, -0.05) is 18.2 Å². The highest BCUT2D eigenvalue weighted by molar-refractivity contribution is 9.10. The maximum Gasteiger partial charge on any atom is 0.278 e. The smallest absolute Gasteiger partial charge is 0.258 e. The number of hydrogen-bond donors (Lipinski definition) is 0. The predicted molar refractivity (Wildman–Crippen MR) is 63.0 cm³/mol. The molecule has 15 heavy (non-hydrogen) atoms. The summed E-state index contributed by atoms with van der Waals surface area (Å²) in [6.07, 6.45) is 0. The molecule has 0 saturated heterocycles. The molecule has 0 unspecified atom stereocenters. The predicted octanol–water partition coefficient (Wildman–Crippen LogP) is 3.82. The van der Waals surface area contributed by atoms with Gasteiger partial charge in [0.05, 0.1) is 10.3 Å². The van der Waals surface area contributed by atoms with Crippen molar-refractivity contribution in [3.63, 3.8) is 0 Å². The number of rotatable bonds is 1. The summed E-state index contributed by atoms with van der Waals surface area (Å²) in [5, 5.41) is 12.4. The van der Waals surface area contributed by atoms with E-state index >= 15 is 0 Å². The van der Waals surface area contributed by atoms with Gasteiger partial charge in [0.25, 0.3) is 5.69 Å². The maximum absolute atomic E-state index is 10.9. The SMILES string of the molecule is Cc1ccc([N+](=O)[O-])c2c(Br)cccc12. The second-order valence-electron chi connectivity index (χ2n) is 3.32. The van der Waals surface area contributed by atoms with Gasteiger partial charge in [0, 0.05) is 10.5 Å². The van der Waals surface area contributed by atoms with Gasteiger partial charge in [-0.05, 0) is 39.9 Å². The van der Waals surface area contributed by atoms with E-state index < -0.39 is 0 Å². The number of benzene rings is 2. The summed E-state index contributed by atoms with van der Waals surface area (Å²) in [6.45, 7) is 1.94. The third kappa shape index (κ3) is 1.61. The van der Waals surface area contributed by atoms with Gasteiger partial charge in [-0.15, -0.1) is 0 Å². The highest BCUT2D eigenvalue weighted by Crippen LogP contribution is 2.33. The van der Waals surface area contributed by atoms with Crippen molar-refractivity contribution in [2.24, 2.45) is 0 Å². The molecule has 0 aliphatic rings. The number of halogens is 1. The molecule has 0 fully saturated rings. The standard InChI is InChI=1S/C11H8BrNO2/c1-7-5-6-10(13(14)15)11-8(7)3-2-4-9(11)12/h2-6H,1H3. The second-order valence-corrected chi connectivity index (χ2v) is 4.18. The van der Waals surface area contributed by atoms with Crippen LogP contribution < -0.4 is 0 Å². The Kier molecular flexibility index (Phi) is 2.44. The molecule has 0 aliphatic carbocycles. The van der Waals surface area contributed by atoms with Crippen molar-refractivity contribution in [2.75, 3.05) is 0 Å². The van der Waals surface area contributed by atoms with E-state index in [1.807, 2.05) is 25.1 Å². The van der Waals surface area contributed by atoms with Gasteiger partial charge in [-0.25, -0.2) is 0 Å². The first kappa shape index (κ1) is 10.1. The van der Waals surface area contributed by atoms with E-state index in [0.29, 0.717) is 5.39 Å². The van der Waals surface area contributed by atoms with Crippen molar-refractivity contribution in [3.05, 3.63) is 50.5 Å². The maximum atomic E-state index is 10.9. The Morgan fingerprint density at radius 2 is 2.00 bits per heavy atom. The average Bonchev–Trinajstić information content (AvgIpc) is 2.19. The van der Waals surface area contributed by atoms with Crippen LogP contribution in [0.2, 0.25) is 0 Å². The van der Waals surface area contributed by atoms with E-state index in [1.54, 1.807) is 12.1 Å². The Labute approximate surface area is 95.0 Å². The lowest BCUT2D eigenvalue weighted by Crippen LogP contribution is -1.91. The van der Waals surface area contributed by atoms with Crippen LogP contribution in [0.25, 0.3) is 10.8 Å². The molecule has 2 rings (SSSR count). The third-order valence-electron chi connectivity index (χ3n) is 2.38. The van der Waals surface area contributed by atoms with Crippen molar-refractivity contribution >= 4 is 32.4 Å². The molecule has 0 amide bonds. The zero-order chi connectivity index (χ0) is 11.0. The number of aryl methyl sites for hydroxylation is 1. The number of hydrogen-bond acceptors (Lipinski definition) is 2. The fourth-order valence-electron chi connectivity index (χ4n) is 1.64. The first-order chi connectivity index (χ1) is 7.11. The van der Waals surface area contributed by atoms with Crippen molar-refractivity contribution in [1.82, 2.24) is 0 Å². The molecule has 2 aromatic rings. The number of non-ortho nitro benzene ring substituents is 1. The fourth-order valence-corrected chi connectivity index (χ4v) is 2.21. The fraction of sp³-hybridized carbons (Fsp3) is 0.0909. The molecule has 0 heterocycles. The highest BCUT2D eigenvalue weighted by Gasteiger charge is 2.14. The number of nitrogens with zero attached hydrogens (tertiary/aromatic N) is 1. The highest BCUT2D eigenvalue weighted by atomic mass is 79.9. The zero-order valence-electron chi connectivity index (χ0n) is 8.03. The second kappa shape index (κ2) is 3.62. The van der Waals surface area contributed by atoms with Crippen LogP contribution in [0.15, 0.2) is 34.8 Å². The zero-order valence-corrected chi connectivity index (χ0v) is 9.61. The molecule has 76 valence electrons. The topological polar surface area (TPSA) is 43.1 Å². The van der Waals surface area contributed by atoms with E-state index in [4.69, 9.17) is 0 Å². The molecule has 2 aromatic carbocycles. The lowest BCUT2D eigenvalue weighted by Gasteiger charge is -2.04. The molecule has 3 nitrogen and oxygen atoms in total. The molecule has 0 atom stereocenters. The van der Waals surface area contributed by atoms with Crippen LogP contribution >= 0.6 is 15.9 Å². The molecule has 0 aliphatic heterocycles. The van der Waals surface area contributed by atoms with E-state index in [2.05, 4.69) is 15.9 Å². The van der Waals surface area contributed by atoms with Crippen LogP contribution in [-0.2, 0) is 0 Å². The molecule has 4 heteroatoms. The summed E-state index contributed by atoms with van der Waals surface area (Å²) in [5.41, 5.74) is 1.18. The average molecular weight is 266 g/mol. The molecule has 0 spiro atoms. The quantitative estimate of drug-likeness (QED) is 0.581. The molecule has 0 N–H and O–H groups in total. The van der Waals surface area contributed by atoms with Crippen molar-refractivity contribution in [3.8, 4) is 0 Å². The van der Waals surface area contributed by atoms with Gasteiger partial charge in [0.1, 0.15) is 0 Å². The molecular weight excluding hydrogens is 258 g/mol. The molecule has 0 saturated carbocycles. The Hall–Kier alpha value is -1.42. The molecular formula is C11H8BrNO2. The van der Waals surface area contributed by atoms with Crippen LogP contribution in [0.4, 0.5) is 5.69 Å². The largest absolute Gasteiger partial charge is 0.278 e. The summed E-state index contributed by atoms with van der Waals surface area (Å²) in [6, 6.07) is 8.90. The number of fused-ring (bicyclic) bond motifs is 1. The summed E-state index contributed by atoms with van der Waals surface area (Å²) >= 11 is 3.35. The van der Waals surface area contributed by atoms with Gasteiger partial charge < -0.3 is 0 Å². The minimum absolute atomic E-state index is 0.142. The Morgan fingerprint density at radius 3 is 2.67 bits per heavy atom. The van der Waals surface area contributed by atoms with Crippen molar-refractivity contribution in [1.29, 1.82) is 0 Å². The van der Waals surface area contributed by atoms with Crippen molar-refractivity contribution in [2.45, 2.75) is 6.92 Å². The molecule has 0 aromatic heterocycles. The summed E-state index contributed by atoms with van der Waals surface area (Å²) in [7, 11) is 0. The molecule has 0 radical (unpaired) electrons. The van der Waals surface area contributed by atoms with E-state index in [-0.39, 0.29) is 10.6 Å². The van der Waals surface area contributed by atoms with Crippen LogP contribution in [-0.4, -0.2) is 4.92 Å². The summed E-state index contributed by atoms with van der Waals surface area (Å²) < 4.78 is 0.760. The first-order valence-corrected chi connectivity index (χ1v) is 5.23. The molecule has 0 bridgehead atoms. The first-order valence-electron chi connectivity index (χ1n) is 4.43. The minimum Gasteiger partial charge on any atom is -0.258 e. The number of nitro benzene ring substituents is 1. The van der Waals surface area contributed by atoms with Crippen molar-refractivity contribution < 1.29 is 4.92 Å². The third-order valence-corrected chi connectivity index (χ3v) is 3.04. The van der Waals surface area contributed by atoms with E-state index in [9.17, 15) is 10.1 Å². The van der Waals surface area contributed by atoms with Gasteiger partial charge in [0.15, 0.2) is 0 Å². The Balaban J connectivity index is 2.96. The normalized spacial score (nSPS) is 10.5. The van der Waals surface area contributed by atoms with Crippen LogP contribution in [0, 0.1) is 17.0 Å². The Bertz CT molecular complexity index is 552. The van der Waals surface area contributed by atoms with Gasteiger partial charge in [-0.3, -0.25) is 10.1 Å². The van der Waals surface area contributed by atoms with Gasteiger partial charge >= 0.3 is 0 Å². The lowest BCUT2D eigenvalue weighted by atomic mass is 10.0. The van der Waals surface area contributed by atoms with Gasteiger partial charge in [-0.2, -0.15) is 0 Å². The van der Waals surface area contributed by atoms with Gasteiger partial charge in [0.2, 0.25) is 0 Å². The van der Waals surface area contributed by atoms with Crippen LogP contribution in [0.3, 0.4) is 0 Å². The summed E-state index contributed by atoms with van der Waals surface area (Å²) in [5.74, 6) is 0. The number of nitro groups is 1. The summed E-state index contributed by atoms with van der Waals surface area (Å²) in [4.78, 5) is 10.5. The monoisotopic (exact) mass is 265 g/mol.